The Labute approximate surface area is 196 Å². The average molecular weight is 450 g/mol. The van der Waals surface area contributed by atoms with Crippen molar-refractivity contribution in [1.29, 1.82) is 0 Å². The maximum absolute atomic E-state index is 6.15. The van der Waals surface area contributed by atoms with E-state index in [2.05, 4.69) is 78.5 Å². The first-order chi connectivity index (χ1) is 15.5. The van der Waals surface area contributed by atoms with E-state index in [-0.39, 0.29) is 0 Å². The number of aromatic nitrogens is 2. The molecule has 1 aromatic heterocycles. The zero-order valence-corrected chi connectivity index (χ0v) is 20.7. The maximum atomic E-state index is 6.15. The minimum atomic E-state index is 0.595. The van der Waals surface area contributed by atoms with Gasteiger partial charge in [-0.3, -0.25) is 0 Å². The minimum absolute atomic E-state index is 0.595. The molecule has 1 aliphatic rings. The molecule has 4 rings (SSSR count). The summed E-state index contributed by atoms with van der Waals surface area (Å²) in [7, 11) is 2.16. The second-order valence-corrected chi connectivity index (χ2v) is 9.85. The monoisotopic (exact) mass is 449 g/mol. The normalized spacial score (nSPS) is 14.8. The zero-order valence-electron chi connectivity index (χ0n) is 19.9. The van der Waals surface area contributed by atoms with E-state index in [1.807, 2.05) is 0 Å². The summed E-state index contributed by atoms with van der Waals surface area (Å²) in [4.78, 5) is 7.00. The Morgan fingerprint density at radius 1 is 1.03 bits per heavy atom. The quantitative estimate of drug-likeness (QED) is 0.366. The standard InChI is InChI=1S/C27H35N3OS/c1-5-30(4)16-15-24-17-20(3)25(18-19(24)2)31-27-28-26(29-32-27)23-13-11-22(12-14-23)21-9-7-6-8-10-21/h11-14,17-18,21H,5-10,15-16H2,1-4H3. The van der Waals surface area contributed by atoms with Crippen LogP contribution in [-0.2, 0) is 6.42 Å². The van der Waals surface area contributed by atoms with E-state index in [1.165, 1.54) is 60.3 Å². The van der Waals surface area contributed by atoms with Gasteiger partial charge in [0.15, 0.2) is 5.82 Å². The van der Waals surface area contributed by atoms with Crippen LogP contribution in [-0.4, -0.2) is 34.4 Å². The zero-order chi connectivity index (χ0) is 22.5. The molecule has 0 radical (unpaired) electrons. The van der Waals surface area contributed by atoms with Crippen LogP contribution >= 0.6 is 11.5 Å². The van der Waals surface area contributed by atoms with Crippen LogP contribution in [0.15, 0.2) is 36.4 Å². The minimum Gasteiger partial charge on any atom is -0.430 e. The summed E-state index contributed by atoms with van der Waals surface area (Å²) in [5, 5.41) is 0.595. The Bertz CT molecular complexity index is 1020. The lowest BCUT2D eigenvalue weighted by Crippen LogP contribution is -2.20. The van der Waals surface area contributed by atoms with Crippen LogP contribution in [0.2, 0.25) is 0 Å². The molecule has 1 heterocycles. The van der Waals surface area contributed by atoms with Crippen molar-refractivity contribution in [1.82, 2.24) is 14.3 Å². The molecule has 5 heteroatoms. The maximum Gasteiger partial charge on any atom is 0.299 e. The van der Waals surface area contributed by atoms with Gasteiger partial charge in [0.1, 0.15) is 5.75 Å². The van der Waals surface area contributed by atoms with E-state index in [4.69, 9.17) is 4.74 Å². The van der Waals surface area contributed by atoms with E-state index in [0.717, 1.165) is 48.1 Å². The summed E-state index contributed by atoms with van der Waals surface area (Å²) in [5.41, 5.74) is 6.29. The highest BCUT2D eigenvalue weighted by Crippen LogP contribution is 2.34. The summed E-state index contributed by atoms with van der Waals surface area (Å²) in [6, 6.07) is 13.2. The highest BCUT2D eigenvalue weighted by Gasteiger charge is 2.16. The summed E-state index contributed by atoms with van der Waals surface area (Å²) < 4.78 is 10.7. The molecule has 1 fully saturated rings. The van der Waals surface area contributed by atoms with Gasteiger partial charge in [0.05, 0.1) is 0 Å². The number of rotatable bonds is 8. The molecule has 2 aromatic carbocycles. The van der Waals surface area contributed by atoms with Crippen molar-refractivity contribution in [3.05, 3.63) is 58.7 Å². The van der Waals surface area contributed by atoms with Gasteiger partial charge in [-0.15, -0.1) is 0 Å². The molecule has 3 aromatic rings. The van der Waals surface area contributed by atoms with Gasteiger partial charge in [0.25, 0.3) is 5.19 Å². The summed E-state index contributed by atoms with van der Waals surface area (Å²) >= 11 is 1.32. The van der Waals surface area contributed by atoms with Crippen molar-refractivity contribution in [3.8, 4) is 22.3 Å². The molecule has 0 atom stereocenters. The first-order valence-electron chi connectivity index (χ1n) is 11.9. The van der Waals surface area contributed by atoms with Crippen LogP contribution in [0.4, 0.5) is 0 Å². The topological polar surface area (TPSA) is 38.2 Å². The van der Waals surface area contributed by atoms with Crippen molar-refractivity contribution in [2.75, 3.05) is 20.1 Å². The Kier molecular flexibility index (Phi) is 7.59. The van der Waals surface area contributed by atoms with Crippen molar-refractivity contribution in [2.45, 2.75) is 65.2 Å². The van der Waals surface area contributed by atoms with Gasteiger partial charge < -0.3 is 9.64 Å². The van der Waals surface area contributed by atoms with E-state index in [1.54, 1.807) is 0 Å². The fraction of sp³-hybridized carbons (Fsp3) is 0.481. The van der Waals surface area contributed by atoms with Crippen LogP contribution in [0.1, 0.15) is 67.2 Å². The number of aryl methyl sites for hydroxylation is 2. The Balaban J connectivity index is 1.43. The predicted octanol–water partition coefficient (Wildman–Crippen LogP) is 7.16. The van der Waals surface area contributed by atoms with E-state index < -0.39 is 0 Å². The lowest BCUT2D eigenvalue weighted by molar-refractivity contribution is 0.357. The summed E-state index contributed by atoms with van der Waals surface area (Å²) in [5.74, 6) is 2.33. The van der Waals surface area contributed by atoms with Gasteiger partial charge in [-0.1, -0.05) is 56.5 Å². The number of likely N-dealkylation sites (N-methyl/N-ethyl adjacent to an activating group) is 1. The third-order valence-corrected chi connectivity index (χ3v) is 7.38. The number of nitrogens with zero attached hydrogens (tertiary/aromatic N) is 3. The predicted molar refractivity (Wildman–Crippen MR) is 134 cm³/mol. The van der Waals surface area contributed by atoms with Crippen molar-refractivity contribution >= 4 is 11.5 Å². The van der Waals surface area contributed by atoms with Crippen LogP contribution in [0.3, 0.4) is 0 Å². The largest absolute Gasteiger partial charge is 0.430 e. The van der Waals surface area contributed by atoms with Gasteiger partial charge in [-0.25, -0.2) is 0 Å². The van der Waals surface area contributed by atoms with Gasteiger partial charge in [0.2, 0.25) is 0 Å². The van der Waals surface area contributed by atoms with Crippen molar-refractivity contribution in [2.24, 2.45) is 0 Å². The van der Waals surface area contributed by atoms with Crippen LogP contribution in [0.5, 0.6) is 10.9 Å². The first-order valence-corrected chi connectivity index (χ1v) is 12.7. The van der Waals surface area contributed by atoms with Gasteiger partial charge in [-0.2, -0.15) is 9.36 Å². The van der Waals surface area contributed by atoms with Gasteiger partial charge >= 0.3 is 0 Å². The molecule has 1 saturated carbocycles. The molecule has 170 valence electrons. The second kappa shape index (κ2) is 10.6. The van der Waals surface area contributed by atoms with Crippen molar-refractivity contribution < 1.29 is 4.74 Å². The highest BCUT2D eigenvalue weighted by atomic mass is 32.1. The molecule has 0 saturated heterocycles. The van der Waals surface area contributed by atoms with Crippen LogP contribution in [0, 0.1) is 13.8 Å². The fourth-order valence-corrected chi connectivity index (χ4v) is 5.07. The Hall–Kier alpha value is -2.24. The molecular weight excluding hydrogens is 414 g/mol. The fourth-order valence-electron chi connectivity index (χ4n) is 4.50. The molecule has 0 spiro atoms. The lowest BCUT2D eigenvalue weighted by atomic mass is 9.84. The summed E-state index contributed by atoms with van der Waals surface area (Å²) in [6.07, 6.45) is 7.79. The molecule has 0 unspecified atom stereocenters. The second-order valence-electron chi connectivity index (χ2n) is 9.13. The molecule has 32 heavy (non-hydrogen) atoms. The summed E-state index contributed by atoms with van der Waals surface area (Å²) in [6.45, 7) is 8.59. The molecule has 0 N–H and O–H groups in total. The number of hydrogen-bond acceptors (Lipinski definition) is 5. The van der Waals surface area contributed by atoms with Crippen molar-refractivity contribution in [3.63, 3.8) is 0 Å². The van der Waals surface area contributed by atoms with Gasteiger partial charge in [-0.05, 0) is 80.9 Å². The number of hydrogen-bond donors (Lipinski definition) is 0. The van der Waals surface area contributed by atoms with Gasteiger partial charge in [0, 0.05) is 23.6 Å². The number of benzene rings is 2. The first kappa shape index (κ1) is 22.9. The van der Waals surface area contributed by atoms with E-state index >= 15 is 0 Å². The smallest absolute Gasteiger partial charge is 0.299 e. The molecular formula is C27H35N3OS. The lowest BCUT2D eigenvalue weighted by Gasteiger charge is -2.21. The Morgan fingerprint density at radius 3 is 2.50 bits per heavy atom. The van der Waals surface area contributed by atoms with Crippen LogP contribution in [0.25, 0.3) is 11.4 Å². The highest BCUT2D eigenvalue weighted by molar-refractivity contribution is 7.07. The van der Waals surface area contributed by atoms with Crippen LogP contribution < -0.4 is 4.74 Å². The molecule has 4 nitrogen and oxygen atoms in total. The molecule has 1 aliphatic carbocycles. The van der Waals surface area contributed by atoms with E-state index in [0.29, 0.717) is 5.19 Å². The molecule has 0 amide bonds. The third kappa shape index (κ3) is 5.57. The number of ether oxygens (including phenoxy) is 1. The Morgan fingerprint density at radius 2 is 1.78 bits per heavy atom. The third-order valence-electron chi connectivity index (χ3n) is 6.79. The van der Waals surface area contributed by atoms with E-state index in [9.17, 15) is 0 Å². The molecule has 0 bridgehead atoms. The average Bonchev–Trinajstić information content (AvgIpc) is 3.29. The molecule has 0 aliphatic heterocycles. The SMILES string of the molecule is CCN(C)CCc1cc(C)c(Oc2nc(-c3ccc(C4CCCCC4)cc3)ns2)cc1C.